The second-order valence-corrected chi connectivity index (χ2v) is 3.86. The summed E-state index contributed by atoms with van der Waals surface area (Å²) in [5.41, 5.74) is 0.502. The highest BCUT2D eigenvalue weighted by Gasteiger charge is 2.12. The molecule has 0 fully saturated rings. The fraction of sp³-hybridized carbons (Fsp3) is 0.250. The predicted octanol–water partition coefficient (Wildman–Crippen LogP) is 1.72. The number of aryl methyl sites for hydroxylation is 1. The molecule has 0 saturated heterocycles. The minimum absolute atomic E-state index is 0.0921. The van der Waals surface area contributed by atoms with E-state index >= 15 is 0 Å². The molecule has 0 aliphatic heterocycles. The van der Waals surface area contributed by atoms with E-state index in [2.05, 4.69) is 20.5 Å². The van der Waals surface area contributed by atoms with Crippen LogP contribution in [0.3, 0.4) is 0 Å². The summed E-state index contributed by atoms with van der Waals surface area (Å²) < 4.78 is 0. The van der Waals surface area contributed by atoms with Crippen molar-refractivity contribution < 1.29 is 9.90 Å². The molecule has 18 heavy (non-hydrogen) atoms. The van der Waals surface area contributed by atoms with Gasteiger partial charge in [0.25, 0.3) is 5.91 Å². The maximum atomic E-state index is 11.8. The number of amides is 1. The van der Waals surface area contributed by atoms with Crippen LogP contribution in [0.5, 0.6) is 5.75 Å². The van der Waals surface area contributed by atoms with E-state index in [9.17, 15) is 9.90 Å². The summed E-state index contributed by atoms with van der Waals surface area (Å²) in [5, 5.41) is 18.4. The Morgan fingerprint density at radius 1 is 1.50 bits per heavy atom. The van der Waals surface area contributed by atoms with Crippen LogP contribution in [0.15, 0.2) is 24.3 Å². The number of phenols is 1. The first-order valence-corrected chi connectivity index (χ1v) is 5.70. The number of H-pyrrole nitrogens is 1. The lowest BCUT2D eigenvalue weighted by Gasteiger charge is -2.02. The predicted molar refractivity (Wildman–Crippen MR) is 66.4 cm³/mol. The van der Waals surface area contributed by atoms with Crippen molar-refractivity contribution in [1.82, 2.24) is 15.2 Å². The fourth-order valence-corrected chi connectivity index (χ4v) is 1.52. The van der Waals surface area contributed by atoms with E-state index in [-0.39, 0.29) is 11.6 Å². The molecule has 1 aromatic carbocycles. The van der Waals surface area contributed by atoms with Gasteiger partial charge in [-0.25, -0.2) is 4.98 Å². The summed E-state index contributed by atoms with van der Waals surface area (Å²) >= 11 is 0. The third-order valence-electron chi connectivity index (χ3n) is 2.33. The first kappa shape index (κ1) is 12.1. The van der Waals surface area contributed by atoms with Gasteiger partial charge in [0, 0.05) is 18.2 Å². The van der Waals surface area contributed by atoms with E-state index in [1.165, 1.54) is 12.1 Å². The fourth-order valence-electron chi connectivity index (χ4n) is 1.52. The molecule has 6 nitrogen and oxygen atoms in total. The molecule has 1 aromatic heterocycles. The molecule has 1 amide bonds. The summed E-state index contributed by atoms with van der Waals surface area (Å²) in [5.74, 6) is 0.481. The maximum absolute atomic E-state index is 11.8. The summed E-state index contributed by atoms with van der Waals surface area (Å²) in [6, 6.07) is 6.31. The number of anilines is 1. The van der Waals surface area contributed by atoms with E-state index in [1.807, 2.05) is 6.92 Å². The minimum Gasteiger partial charge on any atom is -0.508 e. The van der Waals surface area contributed by atoms with Crippen molar-refractivity contribution in [2.45, 2.75) is 19.8 Å². The van der Waals surface area contributed by atoms with Gasteiger partial charge in [-0.2, -0.15) is 0 Å². The van der Waals surface area contributed by atoms with Crippen LogP contribution < -0.4 is 5.32 Å². The van der Waals surface area contributed by atoms with E-state index < -0.39 is 5.91 Å². The van der Waals surface area contributed by atoms with Crippen molar-refractivity contribution in [1.29, 1.82) is 0 Å². The molecule has 2 aromatic rings. The number of rotatable bonds is 4. The molecule has 6 heteroatoms. The Kier molecular flexibility index (Phi) is 3.57. The Bertz CT molecular complexity index is 551. The van der Waals surface area contributed by atoms with E-state index in [4.69, 9.17) is 0 Å². The van der Waals surface area contributed by atoms with Gasteiger partial charge in [0.2, 0.25) is 5.82 Å². The first-order valence-electron chi connectivity index (χ1n) is 5.70. The number of carbonyl (C=O) groups excluding carboxylic acids is 1. The highest BCUT2D eigenvalue weighted by Crippen LogP contribution is 2.15. The summed E-state index contributed by atoms with van der Waals surface area (Å²) in [7, 11) is 0. The molecule has 3 N–H and O–H groups in total. The third kappa shape index (κ3) is 2.85. The zero-order valence-electron chi connectivity index (χ0n) is 9.97. The smallest absolute Gasteiger partial charge is 0.295 e. The van der Waals surface area contributed by atoms with Crippen LogP contribution in [-0.4, -0.2) is 26.2 Å². The highest BCUT2D eigenvalue weighted by atomic mass is 16.3. The quantitative estimate of drug-likeness (QED) is 0.766. The minimum atomic E-state index is -0.404. The van der Waals surface area contributed by atoms with Crippen LogP contribution in [-0.2, 0) is 6.42 Å². The molecule has 0 bridgehead atoms. The van der Waals surface area contributed by atoms with Crippen molar-refractivity contribution in [3.8, 4) is 5.75 Å². The number of aromatic hydroxyl groups is 1. The first-order chi connectivity index (χ1) is 8.69. The lowest BCUT2D eigenvalue weighted by Crippen LogP contribution is -2.13. The lowest BCUT2D eigenvalue weighted by molar-refractivity contribution is 0.101. The highest BCUT2D eigenvalue weighted by molar-refractivity contribution is 6.01. The Hall–Kier alpha value is -2.37. The number of nitrogens with one attached hydrogen (secondary N) is 2. The number of benzene rings is 1. The molecule has 1 heterocycles. The van der Waals surface area contributed by atoms with Crippen molar-refractivity contribution >= 4 is 11.6 Å². The van der Waals surface area contributed by atoms with Gasteiger partial charge in [0.1, 0.15) is 11.6 Å². The summed E-state index contributed by atoms with van der Waals surface area (Å²) in [4.78, 5) is 15.9. The van der Waals surface area contributed by atoms with Crippen LogP contribution in [0.25, 0.3) is 0 Å². The Morgan fingerprint density at radius 2 is 2.33 bits per heavy atom. The maximum Gasteiger partial charge on any atom is 0.295 e. The van der Waals surface area contributed by atoms with Gasteiger partial charge in [0.05, 0.1) is 0 Å². The van der Waals surface area contributed by atoms with Crippen molar-refractivity contribution in [2.75, 3.05) is 5.32 Å². The molecule has 94 valence electrons. The molecular formula is C12H14N4O2. The number of carbonyl (C=O) groups is 1. The Labute approximate surface area is 104 Å². The van der Waals surface area contributed by atoms with Gasteiger partial charge in [-0.05, 0) is 18.6 Å². The van der Waals surface area contributed by atoms with E-state index in [0.29, 0.717) is 11.5 Å². The zero-order valence-corrected chi connectivity index (χ0v) is 9.97. The third-order valence-corrected chi connectivity index (χ3v) is 2.33. The number of aromatic amines is 1. The number of phenolic OH excluding ortho intramolecular Hbond substituents is 1. The van der Waals surface area contributed by atoms with Gasteiger partial charge in [-0.15, -0.1) is 5.10 Å². The van der Waals surface area contributed by atoms with Gasteiger partial charge in [-0.3, -0.25) is 9.89 Å². The molecule has 0 atom stereocenters. The Morgan fingerprint density at radius 3 is 3.06 bits per heavy atom. The van der Waals surface area contributed by atoms with Gasteiger partial charge < -0.3 is 10.4 Å². The number of hydrogen-bond acceptors (Lipinski definition) is 4. The molecule has 0 aliphatic rings. The molecule has 2 rings (SSSR count). The second-order valence-electron chi connectivity index (χ2n) is 3.86. The van der Waals surface area contributed by atoms with E-state index in [1.54, 1.807) is 12.1 Å². The van der Waals surface area contributed by atoms with Crippen LogP contribution in [0.4, 0.5) is 5.69 Å². The molecule has 0 unspecified atom stereocenters. The standard InChI is InChI=1S/C12H14N4O2/c1-2-4-10-14-11(16-15-10)12(18)13-8-5-3-6-9(17)7-8/h3,5-7,17H,2,4H2,1H3,(H,13,18)(H,14,15,16). The van der Waals surface area contributed by atoms with Crippen molar-refractivity contribution in [3.63, 3.8) is 0 Å². The van der Waals surface area contributed by atoms with Crippen LogP contribution in [0.1, 0.15) is 29.8 Å². The zero-order chi connectivity index (χ0) is 13.0. The Balaban J connectivity index is 2.07. The van der Waals surface area contributed by atoms with Gasteiger partial charge >= 0.3 is 0 Å². The second kappa shape index (κ2) is 5.31. The SMILES string of the molecule is CCCc1nc(C(=O)Nc2cccc(O)c2)n[nH]1. The topological polar surface area (TPSA) is 90.9 Å². The normalized spacial score (nSPS) is 10.3. The molecule has 0 aliphatic carbocycles. The molecule has 0 spiro atoms. The average Bonchev–Trinajstić information content (AvgIpc) is 2.78. The van der Waals surface area contributed by atoms with Crippen LogP contribution >= 0.6 is 0 Å². The van der Waals surface area contributed by atoms with Gasteiger partial charge in [0.15, 0.2) is 0 Å². The average molecular weight is 246 g/mol. The van der Waals surface area contributed by atoms with Crippen molar-refractivity contribution in [2.24, 2.45) is 0 Å². The van der Waals surface area contributed by atoms with Gasteiger partial charge in [-0.1, -0.05) is 13.0 Å². The number of hydrogen-bond donors (Lipinski definition) is 3. The number of aromatic nitrogens is 3. The monoisotopic (exact) mass is 246 g/mol. The molecule has 0 radical (unpaired) electrons. The summed E-state index contributed by atoms with van der Waals surface area (Å²) in [6.45, 7) is 2.02. The van der Waals surface area contributed by atoms with Crippen LogP contribution in [0.2, 0.25) is 0 Å². The van der Waals surface area contributed by atoms with Crippen LogP contribution in [0, 0.1) is 0 Å². The molecule has 0 saturated carbocycles. The molecular weight excluding hydrogens is 232 g/mol. The van der Waals surface area contributed by atoms with E-state index in [0.717, 1.165) is 12.8 Å². The largest absolute Gasteiger partial charge is 0.508 e. The number of nitrogens with zero attached hydrogens (tertiary/aromatic N) is 2. The summed E-state index contributed by atoms with van der Waals surface area (Å²) in [6.07, 6.45) is 1.69. The lowest BCUT2D eigenvalue weighted by atomic mass is 10.3. The van der Waals surface area contributed by atoms with Crippen molar-refractivity contribution in [3.05, 3.63) is 35.9 Å².